The van der Waals surface area contributed by atoms with Gasteiger partial charge in [0.05, 0.1) is 0 Å². The maximum absolute atomic E-state index is 10.6. The Bertz CT molecular complexity index is 273. The van der Waals surface area contributed by atoms with Crippen LogP contribution in [0.15, 0.2) is 34.0 Å². The van der Waals surface area contributed by atoms with Crippen LogP contribution in [-0.4, -0.2) is 18.3 Å². The van der Waals surface area contributed by atoms with E-state index in [2.05, 4.69) is 9.98 Å². The molecule has 1 aliphatic heterocycles. The summed E-state index contributed by atoms with van der Waals surface area (Å²) in [7, 11) is 0. The van der Waals surface area contributed by atoms with E-state index in [1.807, 2.05) is 0 Å². The zero-order chi connectivity index (χ0) is 8.10. The van der Waals surface area contributed by atoms with Crippen molar-refractivity contribution in [2.24, 2.45) is 15.7 Å². The number of carbonyl (C=O) groups is 1. The number of allylic oxidation sites excluding steroid dienone is 2. The number of aliphatic imine (C=N–C) groups is 2. The van der Waals surface area contributed by atoms with Crippen molar-refractivity contribution in [2.45, 2.75) is 0 Å². The minimum absolute atomic E-state index is 0.229. The lowest BCUT2D eigenvalue weighted by Crippen LogP contribution is -2.12. The quantitative estimate of drug-likeness (QED) is 0.561. The molecule has 0 atom stereocenters. The largest absolute Gasteiger partial charge is 0.364 e. The van der Waals surface area contributed by atoms with Crippen LogP contribution >= 0.6 is 0 Å². The minimum Gasteiger partial charge on any atom is -0.364 e. The number of primary amides is 1. The van der Waals surface area contributed by atoms with Gasteiger partial charge in [0.2, 0.25) is 0 Å². The van der Waals surface area contributed by atoms with E-state index in [0.717, 1.165) is 0 Å². The van der Waals surface area contributed by atoms with Gasteiger partial charge in [0.15, 0.2) is 0 Å². The Morgan fingerprint density at radius 3 is 3.00 bits per heavy atom. The van der Waals surface area contributed by atoms with E-state index in [4.69, 9.17) is 5.73 Å². The first-order chi connectivity index (χ1) is 5.30. The van der Waals surface area contributed by atoms with E-state index in [1.54, 1.807) is 12.3 Å². The third kappa shape index (κ3) is 2.17. The summed E-state index contributed by atoms with van der Waals surface area (Å²) in [5, 5.41) is 0. The average molecular weight is 149 g/mol. The second-order valence-corrected chi connectivity index (χ2v) is 1.83. The SMILES string of the molecule is NC(=O)/C1=C/C=C\N=CC=N1. The van der Waals surface area contributed by atoms with Gasteiger partial charge in [0.25, 0.3) is 5.91 Å². The number of nitrogens with zero attached hydrogens (tertiary/aromatic N) is 2. The summed E-state index contributed by atoms with van der Waals surface area (Å²) in [5.74, 6) is -0.541. The molecule has 0 aliphatic carbocycles. The van der Waals surface area contributed by atoms with Gasteiger partial charge in [-0.1, -0.05) is 0 Å². The van der Waals surface area contributed by atoms with E-state index >= 15 is 0 Å². The van der Waals surface area contributed by atoms with Gasteiger partial charge >= 0.3 is 0 Å². The Morgan fingerprint density at radius 1 is 1.45 bits per heavy atom. The fraction of sp³-hybridized carbons (Fsp3) is 0. The molecule has 0 aromatic carbocycles. The maximum atomic E-state index is 10.6. The topological polar surface area (TPSA) is 67.8 Å². The summed E-state index contributed by atoms with van der Waals surface area (Å²) in [6, 6.07) is 0. The van der Waals surface area contributed by atoms with Gasteiger partial charge in [0.1, 0.15) is 5.70 Å². The van der Waals surface area contributed by atoms with Crippen molar-refractivity contribution in [3.05, 3.63) is 24.0 Å². The highest BCUT2D eigenvalue weighted by molar-refractivity contribution is 6.17. The van der Waals surface area contributed by atoms with Gasteiger partial charge in [-0.15, -0.1) is 0 Å². The zero-order valence-corrected chi connectivity index (χ0v) is 5.77. The van der Waals surface area contributed by atoms with Crippen LogP contribution in [0.3, 0.4) is 0 Å². The van der Waals surface area contributed by atoms with E-state index in [-0.39, 0.29) is 5.70 Å². The summed E-state index contributed by atoms with van der Waals surface area (Å²) in [4.78, 5) is 18.1. The monoisotopic (exact) mass is 149 g/mol. The van der Waals surface area contributed by atoms with Gasteiger partial charge in [-0.25, -0.2) is 4.99 Å². The van der Waals surface area contributed by atoms with E-state index in [1.165, 1.54) is 18.5 Å². The second kappa shape index (κ2) is 3.46. The van der Waals surface area contributed by atoms with Gasteiger partial charge in [-0.2, -0.15) is 0 Å². The third-order valence-corrected chi connectivity index (χ3v) is 1.05. The van der Waals surface area contributed by atoms with Crippen molar-refractivity contribution in [1.29, 1.82) is 0 Å². The normalized spacial score (nSPS) is 23.1. The fourth-order valence-electron chi connectivity index (χ4n) is 0.574. The molecule has 0 saturated heterocycles. The molecule has 2 N–H and O–H groups in total. The number of nitrogens with two attached hydrogens (primary N) is 1. The summed E-state index contributed by atoms with van der Waals surface area (Å²) in [5.41, 5.74) is 5.22. The molecule has 0 unspecified atom stereocenters. The number of hydrogen-bond donors (Lipinski definition) is 1. The molecule has 4 nitrogen and oxygen atoms in total. The van der Waals surface area contributed by atoms with Crippen LogP contribution in [0.25, 0.3) is 0 Å². The van der Waals surface area contributed by atoms with Gasteiger partial charge in [-0.05, 0) is 12.2 Å². The van der Waals surface area contributed by atoms with Gasteiger partial charge in [-0.3, -0.25) is 9.79 Å². The summed E-state index contributed by atoms with van der Waals surface area (Å²) in [6.45, 7) is 0. The molecule has 11 heavy (non-hydrogen) atoms. The molecule has 56 valence electrons. The Balaban J connectivity index is 2.87. The van der Waals surface area contributed by atoms with E-state index in [9.17, 15) is 4.79 Å². The highest BCUT2D eigenvalue weighted by Gasteiger charge is 1.98. The van der Waals surface area contributed by atoms with Crippen molar-refractivity contribution in [1.82, 2.24) is 0 Å². The molecule has 0 saturated carbocycles. The predicted molar refractivity (Wildman–Crippen MR) is 43.4 cm³/mol. The van der Waals surface area contributed by atoms with Crippen LogP contribution in [0.1, 0.15) is 0 Å². The van der Waals surface area contributed by atoms with Crippen molar-refractivity contribution in [3.63, 3.8) is 0 Å². The molecule has 1 rings (SSSR count). The fourth-order valence-corrected chi connectivity index (χ4v) is 0.574. The van der Waals surface area contributed by atoms with Crippen LogP contribution in [-0.2, 0) is 4.79 Å². The van der Waals surface area contributed by atoms with Crippen molar-refractivity contribution >= 4 is 18.3 Å². The molecule has 1 heterocycles. The Morgan fingerprint density at radius 2 is 2.27 bits per heavy atom. The standard InChI is InChI=1S/C7H7N3O/c8-7(11)6-2-1-3-9-4-5-10-6/h1-5H,(H2,8,11)/b2-1?,3-1-,5-4?,6-2-,9-3?,9-4?,10-5?,10-6?. The van der Waals surface area contributed by atoms with Crippen LogP contribution in [0, 0.1) is 0 Å². The van der Waals surface area contributed by atoms with Crippen LogP contribution in [0.2, 0.25) is 0 Å². The van der Waals surface area contributed by atoms with Crippen molar-refractivity contribution in [2.75, 3.05) is 0 Å². The first-order valence-corrected chi connectivity index (χ1v) is 3.03. The molecular formula is C7H7N3O. The van der Waals surface area contributed by atoms with Crippen LogP contribution in [0.5, 0.6) is 0 Å². The van der Waals surface area contributed by atoms with E-state index < -0.39 is 5.91 Å². The molecule has 0 bridgehead atoms. The van der Waals surface area contributed by atoms with Crippen LogP contribution in [0.4, 0.5) is 0 Å². The third-order valence-electron chi connectivity index (χ3n) is 1.05. The van der Waals surface area contributed by atoms with Gasteiger partial charge in [0, 0.05) is 18.6 Å². The molecule has 0 fully saturated rings. The highest BCUT2D eigenvalue weighted by atomic mass is 16.1. The maximum Gasteiger partial charge on any atom is 0.267 e. The lowest BCUT2D eigenvalue weighted by Gasteiger charge is -1.92. The molecule has 0 aromatic heterocycles. The number of amides is 1. The molecule has 1 aliphatic rings. The van der Waals surface area contributed by atoms with E-state index in [0.29, 0.717) is 0 Å². The minimum atomic E-state index is -0.541. The number of carbonyl (C=O) groups excluding carboxylic acids is 1. The van der Waals surface area contributed by atoms with Crippen LogP contribution < -0.4 is 5.73 Å². The summed E-state index contributed by atoms with van der Waals surface area (Å²) >= 11 is 0. The predicted octanol–water partition coefficient (Wildman–Crippen LogP) is 0.0245. The Labute approximate surface area is 63.8 Å². The lowest BCUT2D eigenvalue weighted by molar-refractivity contribution is -0.114. The molecule has 0 radical (unpaired) electrons. The summed E-state index contributed by atoms with van der Waals surface area (Å²) in [6.07, 6.45) is 7.56. The summed E-state index contributed by atoms with van der Waals surface area (Å²) < 4.78 is 0. The van der Waals surface area contributed by atoms with Crippen molar-refractivity contribution in [3.8, 4) is 0 Å². The second-order valence-electron chi connectivity index (χ2n) is 1.83. The lowest BCUT2D eigenvalue weighted by atomic mass is 10.3. The first-order valence-electron chi connectivity index (χ1n) is 3.03. The van der Waals surface area contributed by atoms with Crippen molar-refractivity contribution < 1.29 is 4.79 Å². The molecular weight excluding hydrogens is 142 g/mol. The zero-order valence-electron chi connectivity index (χ0n) is 5.77. The number of hydrogen-bond acceptors (Lipinski definition) is 3. The molecule has 4 heteroatoms. The molecule has 0 spiro atoms. The smallest absolute Gasteiger partial charge is 0.267 e. The highest BCUT2D eigenvalue weighted by Crippen LogP contribution is 1.96. The first kappa shape index (κ1) is 7.40. The van der Waals surface area contributed by atoms with Gasteiger partial charge < -0.3 is 5.73 Å². The Kier molecular flexibility index (Phi) is 2.32. The molecule has 0 aromatic rings. The average Bonchev–Trinajstić information content (AvgIpc) is 1.84. The Hall–Kier alpha value is -1.71. The molecule has 1 amide bonds. The number of rotatable bonds is 1.